The van der Waals surface area contributed by atoms with Gasteiger partial charge in [-0.2, -0.15) is 8.42 Å². The Labute approximate surface area is 142 Å². The highest BCUT2D eigenvalue weighted by molar-refractivity contribution is 8.69. The van der Waals surface area contributed by atoms with Crippen molar-refractivity contribution in [2.24, 2.45) is 0 Å². The molecule has 0 fully saturated rings. The molecule has 0 spiro atoms. The van der Waals surface area contributed by atoms with E-state index in [4.69, 9.17) is 4.55 Å². The first-order chi connectivity index (χ1) is 10.6. The van der Waals surface area contributed by atoms with Gasteiger partial charge in [0.1, 0.15) is 0 Å². The van der Waals surface area contributed by atoms with Crippen molar-refractivity contribution in [3.63, 3.8) is 0 Å². The highest BCUT2D eigenvalue weighted by Crippen LogP contribution is 2.15. The van der Waals surface area contributed by atoms with Gasteiger partial charge in [-0.15, -0.1) is 0 Å². The highest BCUT2D eigenvalue weighted by Gasteiger charge is 2.03. The van der Waals surface area contributed by atoms with Crippen molar-refractivity contribution in [2.75, 3.05) is 5.75 Å². The smallest absolute Gasteiger partial charge is 0.277 e. The Hall–Kier alpha value is 0.260. The van der Waals surface area contributed by atoms with Crippen LogP contribution in [0.2, 0.25) is 0 Å². The second kappa shape index (κ2) is 16.1. The molecule has 0 aromatic heterocycles. The molecular formula is C17H36O3S2. The molecule has 3 nitrogen and oxygen atoms in total. The highest BCUT2D eigenvalue weighted by atomic mass is 33.1. The predicted octanol–water partition coefficient (Wildman–Crippen LogP) is 6.39. The quantitative estimate of drug-likeness (QED) is 0.187. The molecule has 0 saturated heterocycles. The Balaban J connectivity index is 3.03. The maximum absolute atomic E-state index is 10.5. The minimum atomic E-state index is -3.83. The summed E-state index contributed by atoms with van der Waals surface area (Å²) in [6, 6.07) is 0. The van der Waals surface area contributed by atoms with Crippen molar-refractivity contribution in [1.29, 1.82) is 0 Å². The molecule has 0 aromatic rings. The molecule has 1 N–H and O–H groups in total. The lowest BCUT2D eigenvalue weighted by atomic mass is 10.0. The Morgan fingerprint density at radius 3 is 1.27 bits per heavy atom. The van der Waals surface area contributed by atoms with Crippen molar-refractivity contribution < 1.29 is 13.0 Å². The number of unbranched alkanes of at least 4 members (excludes halogenated alkanes) is 14. The van der Waals surface area contributed by atoms with Crippen molar-refractivity contribution in [2.45, 2.75) is 103 Å². The molecule has 134 valence electrons. The van der Waals surface area contributed by atoms with E-state index in [0.29, 0.717) is 16.5 Å². The second-order valence-electron chi connectivity index (χ2n) is 6.20. The molecule has 0 aliphatic rings. The van der Waals surface area contributed by atoms with Gasteiger partial charge in [0.15, 0.2) is 0 Å². The fourth-order valence-electron chi connectivity index (χ4n) is 2.64. The molecule has 0 amide bonds. The molecular weight excluding hydrogens is 316 g/mol. The SMILES string of the molecule is CCCCCCCCCCCCCCCCCSS(=O)(=O)O. The summed E-state index contributed by atoms with van der Waals surface area (Å²) in [5.74, 6) is 0.511. The minimum absolute atomic E-state index is 0.511. The van der Waals surface area contributed by atoms with Crippen LogP contribution in [0.3, 0.4) is 0 Å². The largest absolute Gasteiger partial charge is 0.319 e. The van der Waals surface area contributed by atoms with Gasteiger partial charge in [0.2, 0.25) is 0 Å². The van der Waals surface area contributed by atoms with Gasteiger partial charge in [-0.05, 0) is 17.2 Å². The van der Waals surface area contributed by atoms with Gasteiger partial charge in [-0.25, -0.2) is 0 Å². The van der Waals surface area contributed by atoms with Crippen LogP contribution in [0.4, 0.5) is 0 Å². The monoisotopic (exact) mass is 352 g/mol. The Bertz CT molecular complexity index is 316. The van der Waals surface area contributed by atoms with Crippen molar-refractivity contribution in [3.8, 4) is 0 Å². The van der Waals surface area contributed by atoms with Crippen LogP contribution >= 0.6 is 10.8 Å². The van der Waals surface area contributed by atoms with Crippen LogP contribution in [0.5, 0.6) is 0 Å². The van der Waals surface area contributed by atoms with E-state index in [2.05, 4.69) is 6.92 Å². The summed E-state index contributed by atoms with van der Waals surface area (Å²) in [5.41, 5.74) is 0. The van der Waals surface area contributed by atoms with Crippen molar-refractivity contribution in [1.82, 2.24) is 0 Å². The Morgan fingerprint density at radius 1 is 0.636 bits per heavy atom. The predicted molar refractivity (Wildman–Crippen MR) is 98.9 cm³/mol. The van der Waals surface area contributed by atoms with E-state index in [0.717, 1.165) is 12.8 Å². The van der Waals surface area contributed by atoms with Crippen LogP contribution in [0.25, 0.3) is 0 Å². The van der Waals surface area contributed by atoms with Crippen LogP contribution in [-0.2, 0) is 9.15 Å². The molecule has 0 rings (SSSR count). The third kappa shape index (κ3) is 20.3. The zero-order valence-corrected chi connectivity index (χ0v) is 16.0. The average molecular weight is 353 g/mol. The molecule has 0 unspecified atom stereocenters. The Kier molecular flexibility index (Phi) is 16.3. The van der Waals surface area contributed by atoms with Crippen LogP contribution in [-0.4, -0.2) is 18.7 Å². The van der Waals surface area contributed by atoms with Crippen LogP contribution in [0.15, 0.2) is 0 Å². The summed E-state index contributed by atoms with van der Waals surface area (Å²) in [4.78, 5) is 0. The maximum atomic E-state index is 10.5. The first-order valence-electron chi connectivity index (χ1n) is 9.18. The minimum Gasteiger partial charge on any atom is -0.277 e. The molecule has 0 aliphatic heterocycles. The van der Waals surface area contributed by atoms with Gasteiger partial charge in [-0.3, -0.25) is 4.55 Å². The van der Waals surface area contributed by atoms with Gasteiger partial charge in [-0.1, -0.05) is 96.8 Å². The van der Waals surface area contributed by atoms with Crippen molar-refractivity contribution >= 4 is 19.9 Å². The summed E-state index contributed by atoms with van der Waals surface area (Å²) in [5, 5.41) is 0. The number of hydrogen-bond donors (Lipinski definition) is 1. The standard InChI is InChI=1S/C17H36O3S2/c1-2-3-4-5-6-7-8-9-10-11-12-13-14-15-16-17-21-22(18,19)20/h2-17H2,1H3,(H,18,19,20). The van der Waals surface area contributed by atoms with E-state index >= 15 is 0 Å². The van der Waals surface area contributed by atoms with E-state index in [1.165, 1.54) is 83.5 Å². The first-order valence-corrected chi connectivity index (χ1v) is 12.1. The summed E-state index contributed by atoms with van der Waals surface area (Å²) in [6.45, 7) is 2.26. The van der Waals surface area contributed by atoms with E-state index < -0.39 is 9.15 Å². The van der Waals surface area contributed by atoms with Crippen LogP contribution in [0, 0.1) is 0 Å². The molecule has 0 heterocycles. The fraction of sp³-hybridized carbons (Fsp3) is 1.00. The zero-order valence-electron chi connectivity index (χ0n) is 14.4. The lowest BCUT2D eigenvalue weighted by molar-refractivity contribution is 0.503. The molecule has 0 radical (unpaired) electrons. The second-order valence-corrected chi connectivity index (χ2v) is 9.67. The van der Waals surface area contributed by atoms with E-state index in [1.807, 2.05) is 0 Å². The van der Waals surface area contributed by atoms with Crippen molar-refractivity contribution in [3.05, 3.63) is 0 Å². The third-order valence-corrected chi connectivity index (χ3v) is 6.13. The molecule has 0 bridgehead atoms. The molecule has 0 aliphatic carbocycles. The Morgan fingerprint density at radius 2 is 0.955 bits per heavy atom. The summed E-state index contributed by atoms with van der Waals surface area (Å²) < 4.78 is 29.6. The fourth-order valence-corrected chi connectivity index (χ4v) is 4.16. The number of hydrogen-bond acceptors (Lipinski definition) is 3. The van der Waals surface area contributed by atoms with Gasteiger partial charge in [0.05, 0.1) is 0 Å². The normalized spacial score (nSPS) is 11.9. The van der Waals surface area contributed by atoms with E-state index in [9.17, 15) is 8.42 Å². The molecule has 0 saturated carbocycles. The molecule has 22 heavy (non-hydrogen) atoms. The lowest BCUT2D eigenvalue weighted by Crippen LogP contribution is -1.92. The zero-order chi connectivity index (χ0) is 16.5. The topological polar surface area (TPSA) is 54.4 Å². The van der Waals surface area contributed by atoms with Gasteiger partial charge in [0, 0.05) is 5.75 Å². The first kappa shape index (κ1) is 22.3. The van der Waals surface area contributed by atoms with Gasteiger partial charge in [0.25, 0.3) is 0 Å². The van der Waals surface area contributed by atoms with Gasteiger partial charge < -0.3 is 0 Å². The molecule has 5 heteroatoms. The van der Waals surface area contributed by atoms with Crippen LogP contribution in [0.1, 0.15) is 103 Å². The number of rotatable bonds is 17. The third-order valence-electron chi connectivity index (χ3n) is 3.98. The maximum Gasteiger partial charge on any atom is 0.319 e. The van der Waals surface area contributed by atoms with Crippen LogP contribution < -0.4 is 0 Å². The molecule has 0 aromatic carbocycles. The average Bonchev–Trinajstić information content (AvgIpc) is 2.45. The summed E-state index contributed by atoms with van der Waals surface area (Å²) in [7, 11) is -3.18. The summed E-state index contributed by atoms with van der Waals surface area (Å²) in [6.07, 6.45) is 19.6. The van der Waals surface area contributed by atoms with Gasteiger partial charge >= 0.3 is 9.15 Å². The lowest BCUT2D eigenvalue weighted by Gasteiger charge is -2.03. The van der Waals surface area contributed by atoms with E-state index in [1.54, 1.807) is 0 Å². The van der Waals surface area contributed by atoms with E-state index in [-0.39, 0.29) is 0 Å². The molecule has 0 atom stereocenters. The summed E-state index contributed by atoms with van der Waals surface area (Å²) >= 11 is 0.